The van der Waals surface area contributed by atoms with E-state index in [1.165, 1.54) is 11.0 Å². The molecule has 0 atom stereocenters. The Labute approximate surface area is 122 Å². The molecule has 20 heavy (non-hydrogen) atoms. The quantitative estimate of drug-likeness (QED) is 0.616. The Bertz CT molecular complexity index is 645. The number of para-hydroxylation sites is 2. The van der Waals surface area contributed by atoms with E-state index in [1.54, 1.807) is 24.3 Å². The van der Waals surface area contributed by atoms with E-state index in [1.807, 2.05) is 0 Å². The molecule has 0 saturated carbocycles. The summed E-state index contributed by atoms with van der Waals surface area (Å²) in [6, 6.07) is 6.91. The van der Waals surface area contributed by atoms with Gasteiger partial charge in [-0.2, -0.15) is 4.68 Å². The second kappa shape index (κ2) is 6.67. The lowest BCUT2D eigenvalue weighted by atomic mass is 10.3. The Morgan fingerprint density at radius 2 is 2.05 bits per heavy atom. The first-order valence-corrected chi connectivity index (χ1v) is 8.20. The van der Waals surface area contributed by atoms with Crippen LogP contribution in [0.1, 0.15) is 12.8 Å². The third-order valence-electron chi connectivity index (χ3n) is 2.56. The number of alkyl halides is 1. The van der Waals surface area contributed by atoms with Gasteiger partial charge < -0.3 is 0 Å². The first-order chi connectivity index (χ1) is 9.62. The molecule has 0 unspecified atom stereocenters. The summed E-state index contributed by atoms with van der Waals surface area (Å²) in [4.78, 5) is 0. The van der Waals surface area contributed by atoms with Gasteiger partial charge in [0.05, 0.1) is 17.1 Å². The molecule has 2 aromatic rings. The molecule has 1 N–H and O–H groups in total. The second-order valence-corrected chi connectivity index (χ2v) is 6.31. The maximum Gasteiger partial charge on any atom is 0.232 e. The van der Waals surface area contributed by atoms with Gasteiger partial charge in [0, 0.05) is 5.88 Å². The summed E-state index contributed by atoms with van der Waals surface area (Å²) in [7, 11) is -3.41. The fourth-order valence-corrected chi connectivity index (χ4v) is 3.02. The predicted octanol–water partition coefficient (Wildman–Crippen LogP) is 1.42. The van der Waals surface area contributed by atoms with Crippen LogP contribution in [0.15, 0.2) is 30.6 Å². The molecule has 9 heteroatoms. The van der Waals surface area contributed by atoms with E-state index in [0.717, 1.165) is 0 Å². The molecule has 0 spiro atoms. The highest BCUT2D eigenvalue weighted by Gasteiger charge is 2.13. The van der Waals surface area contributed by atoms with Crippen molar-refractivity contribution in [2.45, 2.75) is 12.8 Å². The van der Waals surface area contributed by atoms with Gasteiger partial charge in [0.1, 0.15) is 6.33 Å². The van der Waals surface area contributed by atoms with Gasteiger partial charge in [-0.25, -0.2) is 8.42 Å². The largest absolute Gasteiger partial charge is 0.281 e. The molecule has 0 amide bonds. The van der Waals surface area contributed by atoms with Crippen molar-refractivity contribution in [3.63, 3.8) is 0 Å². The molecule has 0 fully saturated rings. The molecule has 0 aliphatic heterocycles. The van der Waals surface area contributed by atoms with E-state index in [4.69, 9.17) is 11.6 Å². The first-order valence-electron chi connectivity index (χ1n) is 6.01. The number of nitrogens with one attached hydrogen (secondary N) is 1. The van der Waals surface area contributed by atoms with E-state index < -0.39 is 10.0 Å². The monoisotopic (exact) mass is 315 g/mol. The third-order valence-corrected chi connectivity index (χ3v) is 4.19. The number of hydrogen-bond donors (Lipinski definition) is 1. The van der Waals surface area contributed by atoms with Crippen LogP contribution in [0.2, 0.25) is 0 Å². The number of rotatable bonds is 7. The minimum Gasteiger partial charge on any atom is -0.281 e. The molecule has 2 rings (SSSR count). The molecule has 0 bridgehead atoms. The topological polar surface area (TPSA) is 89.8 Å². The van der Waals surface area contributed by atoms with E-state index in [0.29, 0.717) is 30.1 Å². The maximum absolute atomic E-state index is 12.0. The van der Waals surface area contributed by atoms with Crippen molar-refractivity contribution in [3.8, 4) is 5.69 Å². The smallest absolute Gasteiger partial charge is 0.232 e. The lowest BCUT2D eigenvalue weighted by molar-refractivity contribution is 0.598. The molecule has 1 aromatic heterocycles. The molecular formula is C11H14ClN5O2S. The van der Waals surface area contributed by atoms with Gasteiger partial charge in [-0.15, -0.1) is 16.7 Å². The van der Waals surface area contributed by atoms with Crippen LogP contribution in [0.5, 0.6) is 0 Å². The Hall–Kier alpha value is -1.67. The van der Waals surface area contributed by atoms with Crippen LogP contribution in [0.4, 0.5) is 5.69 Å². The summed E-state index contributed by atoms with van der Waals surface area (Å²) in [5.74, 6) is 0.487. The minimum atomic E-state index is -3.41. The zero-order chi connectivity index (χ0) is 14.4. The number of hydrogen-bond acceptors (Lipinski definition) is 5. The molecule has 1 heterocycles. The van der Waals surface area contributed by atoms with Crippen LogP contribution in [0.25, 0.3) is 5.69 Å². The second-order valence-electron chi connectivity index (χ2n) is 4.09. The number of anilines is 1. The van der Waals surface area contributed by atoms with Gasteiger partial charge in [0.15, 0.2) is 0 Å². The molecule has 0 aliphatic rings. The third kappa shape index (κ3) is 3.91. The summed E-state index contributed by atoms with van der Waals surface area (Å²) < 4.78 is 27.9. The summed E-state index contributed by atoms with van der Waals surface area (Å²) in [6.45, 7) is 0. The highest BCUT2D eigenvalue weighted by Crippen LogP contribution is 2.20. The Balaban J connectivity index is 2.18. The minimum absolute atomic E-state index is 0.0314. The van der Waals surface area contributed by atoms with Gasteiger partial charge in [0.2, 0.25) is 10.0 Å². The fraction of sp³-hybridized carbons (Fsp3) is 0.364. The van der Waals surface area contributed by atoms with Crippen LogP contribution in [-0.4, -0.2) is 40.3 Å². The normalized spacial score (nSPS) is 11.4. The number of unbranched alkanes of at least 4 members (excludes halogenated alkanes) is 1. The summed E-state index contributed by atoms with van der Waals surface area (Å²) in [6.07, 6.45) is 2.59. The average Bonchev–Trinajstić information content (AvgIpc) is 2.93. The van der Waals surface area contributed by atoms with Crippen molar-refractivity contribution in [3.05, 3.63) is 30.6 Å². The fourth-order valence-electron chi connectivity index (χ4n) is 1.64. The highest BCUT2D eigenvalue weighted by atomic mass is 35.5. The standard InChI is InChI=1S/C11H14ClN5O2S/c12-7-3-4-8-20(18,19)14-10-5-1-2-6-11(10)17-9-13-15-16-17/h1-2,5-6,9,14H,3-4,7-8H2. The number of nitrogens with zero attached hydrogens (tertiary/aromatic N) is 4. The highest BCUT2D eigenvalue weighted by molar-refractivity contribution is 7.92. The summed E-state index contributed by atoms with van der Waals surface area (Å²) in [5.41, 5.74) is 1.00. The zero-order valence-electron chi connectivity index (χ0n) is 10.6. The van der Waals surface area contributed by atoms with Gasteiger partial charge in [-0.05, 0) is 35.4 Å². The zero-order valence-corrected chi connectivity index (χ0v) is 12.2. The van der Waals surface area contributed by atoms with Crippen LogP contribution in [0.3, 0.4) is 0 Å². The predicted molar refractivity (Wildman–Crippen MR) is 76.5 cm³/mol. The van der Waals surface area contributed by atoms with E-state index in [-0.39, 0.29) is 5.75 Å². The summed E-state index contributed by atoms with van der Waals surface area (Å²) >= 11 is 5.54. The molecule has 108 valence electrons. The first kappa shape index (κ1) is 14.7. The molecular weight excluding hydrogens is 302 g/mol. The number of halogens is 1. The Kier molecular flexibility index (Phi) is 4.91. The van der Waals surface area contributed by atoms with Crippen LogP contribution in [-0.2, 0) is 10.0 Å². The van der Waals surface area contributed by atoms with Gasteiger partial charge >= 0.3 is 0 Å². The lowest BCUT2D eigenvalue weighted by Gasteiger charge is -2.11. The molecule has 1 aromatic carbocycles. The average molecular weight is 316 g/mol. The Morgan fingerprint density at radius 3 is 2.75 bits per heavy atom. The van der Waals surface area contributed by atoms with Gasteiger partial charge in [-0.1, -0.05) is 12.1 Å². The number of benzene rings is 1. The van der Waals surface area contributed by atoms with E-state index in [2.05, 4.69) is 20.2 Å². The van der Waals surface area contributed by atoms with E-state index in [9.17, 15) is 8.42 Å². The Morgan fingerprint density at radius 1 is 1.25 bits per heavy atom. The van der Waals surface area contributed by atoms with Crippen molar-refractivity contribution in [2.24, 2.45) is 0 Å². The van der Waals surface area contributed by atoms with Crippen LogP contribution < -0.4 is 4.72 Å². The molecule has 0 aliphatic carbocycles. The van der Waals surface area contributed by atoms with E-state index >= 15 is 0 Å². The van der Waals surface area contributed by atoms with Crippen LogP contribution in [0, 0.1) is 0 Å². The number of sulfonamides is 1. The SMILES string of the molecule is O=S(=O)(CCCCCl)Nc1ccccc1-n1cnnn1. The van der Waals surface area contributed by atoms with Crippen molar-refractivity contribution >= 4 is 27.3 Å². The van der Waals surface area contributed by atoms with Gasteiger partial charge in [-0.3, -0.25) is 4.72 Å². The van der Waals surface area contributed by atoms with Crippen molar-refractivity contribution in [2.75, 3.05) is 16.4 Å². The molecule has 0 radical (unpaired) electrons. The molecule has 7 nitrogen and oxygen atoms in total. The van der Waals surface area contributed by atoms with Crippen LogP contribution >= 0.6 is 11.6 Å². The summed E-state index contributed by atoms with van der Waals surface area (Å²) in [5, 5.41) is 10.8. The van der Waals surface area contributed by atoms with Crippen molar-refractivity contribution in [1.82, 2.24) is 20.2 Å². The molecule has 0 saturated heterocycles. The number of tetrazole rings is 1. The lowest BCUT2D eigenvalue weighted by Crippen LogP contribution is -2.18. The van der Waals surface area contributed by atoms with Gasteiger partial charge in [0.25, 0.3) is 0 Å². The number of aromatic nitrogens is 4. The van der Waals surface area contributed by atoms with Crippen molar-refractivity contribution < 1.29 is 8.42 Å². The van der Waals surface area contributed by atoms with Crippen molar-refractivity contribution in [1.29, 1.82) is 0 Å². The maximum atomic E-state index is 12.0.